The van der Waals surface area contributed by atoms with E-state index in [-0.39, 0.29) is 18.7 Å². The molecule has 2 unspecified atom stereocenters. The normalized spacial score (nSPS) is 11.8. The van der Waals surface area contributed by atoms with Crippen molar-refractivity contribution in [3.05, 3.63) is 0 Å². The van der Waals surface area contributed by atoms with Crippen molar-refractivity contribution < 1.29 is 39.3 Å². The fourth-order valence-electron chi connectivity index (χ4n) is 1.88. The van der Waals surface area contributed by atoms with Crippen molar-refractivity contribution >= 4 is 29.8 Å². The molecule has 0 aromatic rings. The van der Waals surface area contributed by atoms with E-state index in [1.165, 1.54) is 6.92 Å². The molecule has 0 rings (SSSR count). The molecule has 0 aromatic carbocycles. The first-order chi connectivity index (χ1) is 12.6. The first-order valence-corrected chi connectivity index (χ1v) is 8.62. The van der Waals surface area contributed by atoms with Crippen molar-refractivity contribution in [3.8, 4) is 0 Å². The molecule has 0 heterocycles. The number of aliphatic carboxylic acids is 3. The van der Waals surface area contributed by atoms with Crippen LogP contribution in [0.3, 0.4) is 0 Å². The Kier molecular flexibility index (Phi) is 15.1. The van der Waals surface area contributed by atoms with Gasteiger partial charge >= 0.3 is 23.9 Å². The summed E-state index contributed by atoms with van der Waals surface area (Å²) in [4.78, 5) is 55.0. The molecule has 0 aliphatic carbocycles. The second-order valence-electron chi connectivity index (χ2n) is 5.31. The van der Waals surface area contributed by atoms with Gasteiger partial charge in [0.15, 0.2) is 0 Å². The SMILES string of the molecule is CC.CC(=O)NCCCCC(NC(=O)NC(CCC(=O)O)C(=O)O)C(=O)O. The van der Waals surface area contributed by atoms with Gasteiger partial charge in [-0.3, -0.25) is 9.59 Å². The Bertz CT molecular complexity index is 510. The molecular formula is C16H29N3O8. The van der Waals surface area contributed by atoms with Gasteiger partial charge in [-0.1, -0.05) is 13.8 Å². The zero-order chi connectivity index (χ0) is 21.4. The third kappa shape index (κ3) is 15.1. The molecule has 0 bridgehead atoms. The van der Waals surface area contributed by atoms with Gasteiger partial charge in [0.25, 0.3) is 0 Å². The van der Waals surface area contributed by atoms with Crippen molar-refractivity contribution in [2.45, 2.75) is 65.0 Å². The summed E-state index contributed by atoms with van der Waals surface area (Å²) in [5.41, 5.74) is 0. The quantitative estimate of drug-likeness (QED) is 0.258. The van der Waals surface area contributed by atoms with Crippen LogP contribution < -0.4 is 16.0 Å². The van der Waals surface area contributed by atoms with Crippen molar-refractivity contribution in [2.75, 3.05) is 6.54 Å². The first-order valence-electron chi connectivity index (χ1n) is 8.62. The Hall–Kier alpha value is -2.85. The molecule has 0 aliphatic heterocycles. The highest BCUT2D eigenvalue weighted by Crippen LogP contribution is 2.02. The Morgan fingerprint density at radius 1 is 0.815 bits per heavy atom. The molecule has 0 radical (unpaired) electrons. The van der Waals surface area contributed by atoms with Crippen LogP contribution in [0.5, 0.6) is 0 Å². The van der Waals surface area contributed by atoms with Gasteiger partial charge in [-0.2, -0.15) is 0 Å². The lowest BCUT2D eigenvalue weighted by atomic mass is 10.1. The number of hydrogen-bond acceptors (Lipinski definition) is 5. The number of amides is 3. The molecule has 0 spiro atoms. The predicted octanol–water partition coefficient (Wildman–Crippen LogP) is 0.389. The topological polar surface area (TPSA) is 182 Å². The van der Waals surface area contributed by atoms with Gasteiger partial charge in [-0.05, 0) is 25.7 Å². The molecule has 2 atom stereocenters. The van der Waals surface area contributed by atoms with E-state index in [1.807, 2.05) is 19.2 Å². The van der Waals surface area contributed by atoms with E-state index in [1.54, 1.807) is 0 Å². The summed E-state index contributed by atoms with van der Waals surface area (Å²) in [5, 5.41) is 33.3. The maximum atomic E-state index is 11.7. The first kappa shape index (κ1) is 26.4. The summed E-state index contributed by atoms with van der Waals surface area (Å²) in [6.45, 7) is 5.74. The number of carbonyl (C=O) groups excluding carboxylic acids is 2. The van der Waals surface area contributed by atoms with Crippen LogP contribution in [-0.2, 0) is 19.2 Å². The summed E-state index contributed by atoms with van der Waals surface area (Å²) in [6.07, 6.45) is 0.242. The standard InChI is InChI=1S/C14H23N3O8.C2H6/c1-8(18)15-7-3-2-4-9(12(21)22)16-14(25)17-10(13(23)24)5-6-11(19)20;1-2/h9-10H,2-7H2,1H3,(H,15,18)(H,19,20)(H,21,22)(H,23,24)(H2,16,17,25);1-2H3. The molecule has 11 nitrogen and oxygen atoms in total. The van der Waals surface area contributed by atoms with Gasteiger partial charge in [-0.25, -0.2) is 14.4 Å². The average Bonchev–Trinajstić information content (AvgIpc) is 2.58. The lowest BCUT2D eigenvalue weighted by Crippen LogP contribution is -2.51. The van der Waals surface area contributed by atoms with Gasteiger partial charge in [-0.15, -0.1) is 0 Å². The lowest BCUT2D eigenvalue weighted by Gasteiger charge is -2.18. The van der Waals surface area contributed by atoms with Crippen LogP contribution >= 0.6 is 0 Å². The molecule has 156 valence electrons. The van der Waals surface area contributed by atoms with E-state index in [9.17, 15) is 24.0 Å². The van der Waals surface area contributed by atoms with E-state index in [0.29, 0.717) is 19.4 Å². The maximum Gasteiger partial charge on any atom is 0.326 e. The van der Waals surface area contributed by atoms with E-state index < -0.39 is 42.4 Å². The average molecular weight is 391 g/mol. The zero-order valence-corrected chi connectivity index (χ0v) is 15.8. The molecule has 11 heteroatoms. The number of hydrogen-bond donors (Lipinski definition) is 6. The summed E-state index contributed by atoms with van der Waals surface area (Å²) in [7, 11) is 0. The number of carboxylic acids is 3. The number of urea groups is 1. The molecule has 3 amide bonds. The van der Waals surface area contributed by atoms with Crippen molar-refractivity contribution in [1.82, 2.24) is 16.0 Å². The van der Waals surface area contributed by atoms with Gasteiger partial charge in [0.2, 0.25) is 5.91 Å². The van der Waals surface area contributed by atoms with E-state index >= 15 is 0 Å². The third-order valence-electron chi connectivity index (χ3n) is 3.15. The number of unbranched alkanes of at least 4 members (excludes halogenated alkanes) is 1. The van der Waals surface area contributed by atoms with Crippen molar-refractivity contribution in [2.24, 2.45) is 0 Å². The molecule has 0 fully saturated rings. The van der Waals surface area contributed by atoms with E-state index in [0.717, 1.165) is 0 Å². The summed E-state index contributed by atoms with van der Waals surface area (Å²) in [5.74, 6) is -4.12. The predicted molar refractivity (Wildman–Crippen MR) is 95.3 cm³/mol. The Morgan fingerprint density at radius 3 is 1.70 bits per heavy atom. The largest absolute Gasteiger partial charge is 0.481 e. The van der Waals surface area contributed by atoms with Crippen LogP contribution in [-0.4, -0.2) is 63.8 Å². The smallest absolute Gasteiger partial charge is 0.326 e. The third-order valence-corrected chi connectivity index (χ3v) is 3.15. The molecule has 27 heavy (non-hydrogen) atoms. The van der Waals surface area contributed by atoms with Gasteiger partial charge in [0.05, 0.1) is 0 Å². The second kappa shape index (κ2) is 15.4. The minimum atomic E-state index is -1.44. The molecule has 0 aromatic heterocycles. The van der Waals surface area contributed by atoms with Crippen LogP contribution in [0.4, 0.5) is 4.79 Å². The molecular weight excluding hydrogens is 362 g/mol. The van der Waals surface area contributed by atoms with Gasteiger partial charge in [0, 0.05) is 19.9 Å². The highest BCUT2D eigenvalue weighted by Gasteiger charge is 2.24. The highest BCUT2D eigenvalue weighted by molar-refractivity contribution is 5.86. The second-order valence-corrected chi connectivity index (χ2v) is 5.31. The molecule has 0 saturated heterocycles. The monoisotopic (exact) mass is 391 g/mol. The van der Waals surface area contributed by atoms with Gasteiger partial charge in [0.1, 0.15) is 12.1 Å². The summed E-state index contributed by atoms with van der Waals surface area (Å²) in [6, 6.07) is -3.68. The van der Waals surface area contributed by atoms with Crippen LogP contribution in [0.15, 0.2) is 0 Å². The Balaban J connectivity index is 0. The fourth-order valence-corrected chi connectivity index (χ4v) is 1.88. The van der Waals surface area contributed by atoms with Crippen molar-refractivity contribution in [1.29, 1.82) is 0 Å². The summed E-state index contributed by atoms with van der Waals surface area (Å²) >= 11 is 0. The maximum absolute atomic E-state index is 11.7. The number of carboxylic acid groups (broad SMARTS) is 3. The number of carbonyl (C=O) groups is 5. The number of nitrogens with one attached hydrogen (secondary N) is 3. The Morgan fingerprint density at radius 2 is 1.30 bits per heavy atom. The highest BCUT2D eigenvalue weighted by atomic mass is 16.4. The van der Waals surface area contributed by atoms with Crippen LogP contribution in [0.2, 0.25) is 0 Å². The number of rotatable bonds is 12. The van der Waals surface area contributed by atoms with E-state index in [4.69, 9.17) is 15.3 Å². The van der Waals surface area contributed by atoms with Crippen LogP contribution in [0.25, 0.3) is 0 Å². The molecule has 6 N–H and O–H groups in total. The van der Waals surface area contributed by atoms with Gasteiger partial charge < -0.3 is 31.3 Å². The zero-order valence-electron chi connectivity index (χ0n) is 15.8. The fraction of sp³-hybridized carbons (Fsp3) is 0.688. The summed E-state index contributed by atoms with van der Waals surface area (Å²) < 4.78 is 0. The minimum Gasteiger partial charge on any atom is -0.481 e. The van der Waals surface area contributed by atoms with Crippen LogP contribution in [0, 0.1) is 0 Å². The lowest BCUT2D eigenvalue weighted by molar-refractivity contribution is -0.140. The molecule has 0 aliphatic rings. The Labute approximate surface area is 157 Å². The minimum absolute atomic E-state index is 0.0925. The van der Waals surface area contributed by atoms with Crippen LogP contribution in [0.1, 0.15) is 52.9 Å². The van der Waals surface area contributed by atoms with E-state index in [2.05, 4.69) is 10.6 Å². The van der Waals surface area contributed by atoms with Crippen molar-refractivity contribution in [3.63, 3.8) is 0 Å². The molecule has 0 saturated carbocycles.